The Bertz CT molecular complexity index is 355. The van der Waals surface area contributed by atoms with Gasteiger partial charge in [-0.15, -0.1) is 0 Å². The molecule has 0 bridgehead atoms. The van der Waals surface area contributed by atoms with E-state index in [4.69, 9.17) is 0 Å². The molecule has 0 aromatic carbocycles. The Labute approximate surface area is 144 Å². The van der Waals surface area contributed by atoms with Gasteiger partial charge in [-0.1, -0.05) is 52.4 Å². The van der Waals surface area contributed by atoms with Crippen LogP contribution in [-0.4, -0.2) is 24.0 Å². The summed E-state index contributed by atoms with van der Waals surface area (Å²) >= 11 is 0. The summed E-state index contributed by atoms with van der Waals surface area (Å²) < 4.78 is 0. The highest BCUT2D eigenvalue weighted by molar-refractivity contribution is 5.02. The quantitative estimate of drug-likeness (QED) is 0.519. The minimum Gasteiger partial charge on any atom is -0.300 e. The van der Waals surface area contributed by atoms with Gasteiger partial charge in [0.25, 0.3) is 0 Å². The third kappa shape index (κ3) is 5.49. The number of rotatable bonds is 8. The Morgan fingerprint density at radius 1 is 0.957 bits per heavy atom. The number of hydrogen-bond donors (Lipinski definition) is 0. The van der Waals surface area contributed by atoms with E-state index in [9.17, 15) is 5.26 Å². The molecule has 132 valence electrons. The van der Waals surface area contributed by atoms with Crippen LogP contribution >= 0.6 is 0 Å². The molecule has 2 nitrogen and oxygen atoms in total. The lowest BCUT2D eigenvalue weighted by atomic mass is 9.70. The summed E-state index contributed by atoms with van der Waals surface area (Å²) in [6, 6.07) is 3.44. The van der Waals surface area contributed by atoms with Crippen LogP contribution < -0.4 is 0 Å². The molecule has 2 fully saturated rings. The van der Waals surface area contributed by atoms with Crippen molar-refractivity contribution < 1.29 is 0 Å². The summed E-state index contributed by atoms with van der Waals surface area (Å²) in [6.07, 6.45) is 17.0. The summed E-state index contributed by atoms with van der Waals surface area (Å²) in [5.74, 6) is 0.991. The molecule has 23 heavy (non-hydrogen) atoms. The van der Waals surface area contributed by atoms with Crippen molar-refractivity contribution in [3.63, 3.8) is 0 Å². The predicted octanol–water partition coefficient (Wildman–Crippen LogP) is 5.92. The lowest BCUT2D eigenvalue weighted by Gasteiger charge is -2.43. The molecule has 0 unspecified atom stereocenters. The molecule has 0 spiro atoms. The maximum Gasteiger partial charge on any atom is 0.0689 e. The molecule has 1 heterocycles. The maximum atomic E-state index is 9.56. The zero-order valence-electron chi connectivity index (χ0n) is 15.7. The number of hydrogen-bond acceptors (Lipinski definition) is 2. The topological polar surface area (TPSA) is 27.0 Å². The minimum atomic E-state index is 0.0167. The summed E-state index contributed by atoms with van der Waals surface area (Å²) in [7, 11) is 0. The minimum absolute atomic E-state index is 0.0167. The van der Waals surface area contributed by atoms with E-state index in [0.717, 1.165) is 37.6 Å². The van der Waals surface area contributed by atoms with Crippen molar-refractivity contribution in [3.05, 3.63) is 0 Å². The van der Waals surface area contributed by atoms with Crippen LogP contribution in [0.25, 0.3) is 0 Å². The van der Waals surface area contributed by atoms with Crippen LogP contribution in [-0.2, 0) is 0 Å². The number of piperidine rings is 1. The standard InChI is InChI=1S/C21H38N2/c1-3-5-6-7-8-19-11-16-23(17-12-19)20-9-14-21(18-22,13-4-2)15-10-20/h19-20H,3-17H2,1-2H3/t20-,21-. The van der Waals surface area contributed by atoms with Crippen molar-refractivity contribution >= 4 is 0 Å². The van der Waals surface area contributed by atoms with Gasteiger partial charge in [-0.3, -0.25) is 0 Å². The van der Waals surface area contributed by atoms with Crippen LogP contribution in [0.1, 0.15) is 97.3 Å². The monoisotopic (exact) mass is 318 g/mol. The third-order valence-electron chi connectivity index (χ3n) is 6.51. The van der Waals surface area contributed by atoms with E-state index >= 15 is 0 Å². The second kappa shape index (κ2) is 9.67. The summed E-state index contributed by atoms with van der Waals surface area (Å²) in [4.78, 5) is 2.76. The smallest absolute Gasteiger partial charge is 0.0689 e. The molecule has 1 aliphatic carbocycles. The van der Waals surface area contributed by atoms with E-state index in [1.54, 1.807) is 0 Å². The molecule has 0 amide bonds. The van der Waals surface area contributed by atoms with Crippen molar-refractivity contribution in [1.82, 2.24) is 4.90 Å². The normalized spacial score (nSPS) is 30.2. The highest BCUT2D eigenvalue weighted by Crippen LogP contribution is 2.41. The Morgan fingerprint density at radius 3 is 2.22 bits per heavy atom. The molecule has 1 aliphatic heterocycles. The molecule has 0 radical (unpaired) electrons. The fourth-order valence-electron chi connectivity index (χ4n) is 4.88. The van der Waals surface area contributed by atoms with Gasteiger partial charge in [0.15, 0.2) is 0 Å². The maximum absolute atomic E-state index is 9.56. The van der Waals surface area contributed by atoms with Crippen LogP contribution in [0.15, 0.2) is 0 Å². The van der Waals surface area contributed by atoms with Crippen molar-refractivity contribution in [2.45, 2.75) is 103 Å². The molecule has 0 N–H and O–H groups in total. The number of unbranched alkanes of at least 4 members (excludes halogenated alkanes) is 3. The van der Waals surface area contributed by atoms with Gasteiger partial charge in [-0.25, -0.2) is 0 Å². The lowest BCUT2D eigenvalue weighted by Crippen LogP contribution is -2.44. The first-order valence-electron chi connectivity index (χ1n) is 10.4. The first-order valence-corrected chi connectivity index (χ1v) is 10.4. The van der Waals surface area contributed by atoms with Gasteiger partial charge in [-0.05, 0) is 64.0 Å². The SMILES string of the molecule is CCCCCCC1CCN([C@H]2CC[C@@](C#N)(CCC)CC2)CC1. The molecule has 2 rings (SSSR count). The van der Waals surface area contributed by atoms with Crippen molar-refractivity contribution in [1.29, 1.82) is 5.26 Å². The first-order chi connectivity index (χ1) is 11.2. The molecule has 1 saturated heterocycles. The highest BCUT2D eigenvalue weighted by atomic mass is 15.2. The molecular formula is C21H38N2. The number of likely N-dealkylation sites (tertiary alicyclic amines) is 1. The van der Waals surface area contributed by atoms with Gasteiger partial charge in [0.2, 0.25) is 0 Å². The average molecular weight is 319 g/mol. The van der Waals surface area contributed by atoms with Crippen molar-refractivity contribution in [2.75, 3.05) is 13.1 Å². The van der Waals surface area contributed by atoms with Gasteiger partial charge in [0.1, 0.15) is 0 Å². The first kappa shape index (κ1) is 18.8. The lowest BCUT2D eigenvalue weighted by molar-refractivity contribution is 0.0760. The highest BCUT2D eigenvalue weighted by Gasteiger charge is 2.37. The average Bonchev–Trinajstić information content (AvgIpc) is 2.60. The van der Waals surface area contributed by atoms with E-state index < -0.39 is 0 Å². The largest absolute Gasteiger partial charge is 0.300 e. The van der Waals surface area contributed by atoms with Gasteiger partial charge < -0.3 is 4.90 Å². The van der Waals surface area contributed by atoms with E-state index in [1.807, 2.05) is 0 Å². The van der Waals surface area contributed by atoms with Crippen LogP contribution in [0.4, 0.5) is 0 Å². The van der Waals surface area contributed by atoms with Gasteiger partial charge in [-0.2, -0.15) is 5.26 Å². The fourth-order valence-corrected chi connectivity index (χ4v) is 4.88. The van der Waals surface area contributed by atoms with E-state index in [-0.39, 0.29) is 5.41 Å². The van der Waals surface area contributed by atoms with E-state index in [1.165, 1.54) is 70.9 Å². The molecule has 1 saturated carbocycles. The summed E-state index contributed by atoms with van der Waals surface area (Å²) in [5, 5.41) is 9.56. The molecule has 0 atom stereocenters. The molecule has 0 aromatic heterocycles. The van der Waals surface area contributed by atoms with Crippen LogP contribution in [0.3, 0.4) is 0 Å². The Kier molecular flexibility index (Phi) is 7.90. The van der Waals surface area contributed by atoms with Gasteiger partial charge in [0.05, 0.1) is 11.5 Å². The molecule has 2 aliphatic rings. The summed E-state index contributed by atoms with van der Waals surface area (Å²) in [6.45, 7) is 7.15. The van der Waals surface area contributed by atoms with Crippen LogP contribution in [0, 0.1) is 22.7 Å². The van der Waals surface area contributed by atoms with E-state index in [0.29, 0.717) is 0 Å². The van der Waals surface area contributed by atoms with E-state index in [2.05, 4.69) is 24.8 Å². The summed E-state index contributed by atoms with van der Waals surface area (Å²) in [5.41, 5.74) is 0.0167. The predicted molar refractivity (Wildman–Crippen MR) is 98.3 cm³/mol. The van der Waals surface area contributed by atoms with Crippen LogP contribution in [0.2, 0.25) is 0 Å². The zero-order valence-corrected chi connectivity index (χ0v) is 15.7. The molecule has 0 aromatic rings. The van der Waals surface area contributed by atoms with Crippen LogP contribution in [0.5, 0.6) is 0 Å². The fraction of sp³-hybridized carbons (Fsp3) is 0.952. The Morgan fingerprint density at radius 2 is 1.65 bits per heavy atom. The Hall–Kier alpha value is -0.550. The number of nitriles is 1. The molecule has 2 heteroatoms. The van der Waals surface area contributed by atoms with Crippen molar-refractivity contribution in [2.24, 2.45) is 11.3 Å². The molecular weight excluding hydrogens is 280 g/mol. The second-order valence-corrected chi connectivity index (χ2v) is 8.20. The second-order valence-electron chi connectivity index (χ2n) is 8.20. The van der Waals surface area contributed by atoms with Crippen molar-refractivity contribution in [3.8, 4) is 6.07 Å². The Balaban J connectivity index is 1.67. The zero-order chi connectivity index (χ0) is 16.5. The van der Waals surface area contributed by atoms with Gasteiger partial charge in [0, 0.05) is 6.04 Å². The third-order valence-corrected chi connectivity index (χ3v) is 6.51. The van der Waals surface area contributed by atoms with Gasteiger partial charge >= 0.3 is 0 Å². The number of nitrogens with zero attached hydrogens (tertiary/aromatic N) is 2.